The SMILES string of the molecule is CCNC(=NCCCOC1CCCc2ccccc21)N(C)Cc1cnn(C)c1.I. The summed E-state index contributed by atoms with van der Waals surface area (Å²) >= 11 is 0. The van der Waals surface area contributed by atoms with Crippen LogP contribution in [0.25, 0.3) is 0 Å². The first kappa shape index (κ1) is 23.7. The van der Waals surface area contributed by atoms with E-state index in [0.29, 0.717) is 0 Å². The maximum Gasteiger partial charge on any atom is 0.193 e. The predicted octanol–water partition coefficient (Wildman–Crippen LogP) is 3.92. The number of aromatic nitrogens is 2. The fourth-order valence-corrected chi connectivity index (χ4v) is 3.73. The van der Waals surface area contributed by atoms with E-state index in [1.807, 2.05) is 24.1 Å². The number of hydrogen-bond acceptors (Lipinski definition) is 3. The van der Waals surface area contributed by atoms with Gasteiger partial charge in [0.05, 0.1) is 12.3 Å². The molecule has 0 bridgehead atoms. The van der Waals surface area contributed by atoms with Crippen LogP contribution in [0, 0.1) is 0 Å². The first-order chi connectivity index (χ1) is 13.7. The molecule has 0 radical (unpaired) electrons. The van der Waals surface area contributed by atoms with Gasteiger partial charge in [-0.1, -0.05) is 24.3 Å². The molecule has 1 heterocycles. The highest BCUT2D eigenvalue weighted by Crippen LogP contribution is 2.32. The van der Waals surface area contributed by atoms with Crippen molar-refractivity contribution in [2.24, 2.45) is 12.0 Å². The van der Waals surface area contributed by atoms with Crippen LogP contribution in [0.5, 0.6) is 0 Å². The molecule has 1 aliphatic carbocycles. The number of rotatable bonds is 8. The zero-order chi connectivity index (χ0) is 19.8. The lowest BCUT2D eigenvalue weighted by Gasteiger charge is -2.25. The van der Waals surface area contributed by atoms with Gasteiger partial charge in [-0.15, -0.1) is 24.0 Å². The largest absolute Gasteiger partial charge is 0.373 e. The summed E-state index contributed by atoms with van der Waals surface area (Å²) in [5, 5.41) is 7.61. The van der Waals surface area contributed by atoms with Crippen molar-refractivity contribution >= 4 is 29.9 Å². The topological polar surface area (TPSA) is 54.7 Å². The molecule has 1 unspecified atom stereocenters. The number of aliphatic imine (C=N–C) groups is 1. The maximum atomic E-state index is 6.20. The van der Waals surface area contributed by atoms with E-state index < -0.39 is 0 Å². The van der Waals surface area contributed by atoms with Crippen LogP contribution in [0.2, 0.25) is 0 Å². The minimum atomic E-state index is 0. The summed E-state index contributed by atoms with van der Waals surface area (Å²) in [6, 6.07) is 8.69. The predicted molar refractivity (Wildman–Crippen MR) is 129 cm³/mol. The van der Waals surface area contributed by atoms with E-state index >= 15 is 0 Å². The molecule has 0 amide bonds. The zero-order valence-electron chi connectivity index (χ0n) is 17.8. The third-order valence-corrected chi connectivity index (χ3v) is 5.07. The molecule has 2 aromatic rings. The number of ether oxygens (including phenoxy) is 1. The van der Waals surface area contributed by atoms with Gasteiger partial charge in [-0.3, -0.25) is 9.67 Å². The van der Waals surface area contributed by atoms with Gasteiger partial charge < -0.3 is 15.0 Å². The van der Waals surface area contributed by atoms with Gasteiger partial charge in [0.25, 0.3) is 0 Å². The Morgan fingerprint density at radius 1 is 1.38 bits per heavy atom. The van der Waals surface area contributed by atoms with Gasteiger partial charge in [0, 0.05) is 52.1 Å². The first-order valence-electron chi connectivity index (χ1n) is 10.3. The molecule has 3 rings (SSSR count). The molecule has 160 valence electrons. The Balaban J connectivity index is 0.00000300. The smallest absolute Gasteiger partial charge is 0.193 e. The Morgan fingerprint density at radius 3 is 2.97 bits per heavy atom. The highest BCUT2D eigenvalue weighted by Gasteiger charge is 2.19. The maximum absolute atomic E-state index is 6.20. The molecule has 0 saturated heterocycles. The van der Waals surface area contributed by atoms with Crippen molar-refractivity contribution in [3.05, 3.63) is 53.3 Å². The molecule has 1 N–H and O–H groups in total. The normalized spacial score (nSPS) is 16.1. The van der Waals surface area contributed by atoms with E-state index in [2.05, 4.69) is 53.6 Å². The lowest BCUT2D eigenvalue weighted by Crippen LogP contribution is -2.38. The van der Waals surface area contributed by atoms with E-state index in [-0.39, 0.29) is 30.1 Å². The quantitative estimate of drug-likeness (QED) is 0.253. The molecule has 1 atom stereocenters. The Hall–Kier alpha value is -1.61. The van der Waals surface area contributed by atoms with Crippen molar-refractivity contribution in [1.82, 2.24) is 20.0 Å². The molecular formula is C22H34IN5O. The Morgan fingerprint density at radius 2 is 2.21 bits per heavy atom. The van der Waals surface area contributed by atoms with Crippen LogP contribution in [0.1, 0.15) is 49.0 Å². The fourth-order valence-electron chi connectivity index (χ4n) is 3.73. The third-order valence-electron chi connectivity index (χ3n) is 5.07. The molecular weight excluding hydrogens is 477 g/mol. The van der Waals surface area contributed by atoms with E-state index in [4.69, 9.17) is 9.73 Å². The number of nitrogens with zero attached hydrogens (tertiary/aromatic N) is 4. The number of nitrogens with one attached hydrogen (secondary N) is 1. The lowest BCUT2D eigenvalue weighted by molar-refractivity contribution is 0.0402. The highest BCUT2D eigenvalue weighted by atomic mass is 127. The third kappa shape index (κ3) is 6.99. The Bertz CT molecular complexity index is 776. The Labute approximate surface area is 191 Å². The van der Waals surface area contributed by atoms with Crippen molar-refractivity contribution in [1.29, 1.82) is 0 Å². The monoisotopic (exact) mass is 511 g/mol. The van der Waals surface area contributed by atoms with Crippen molar-refractivity contribution in [3.63, 3.8) is 0 Å². The van der Waals surface area contributed by atoms with E-state index in [9.17, 15) is 0 Å². The molecule has 0 aliphatic heterocycles. The average Bonchev–Trinajstić information content (AvgIpc) is 3.11. The number of guanidine groups is 1. The summed E-state index contributed by atoms with van der Waals surface area (Å²) in [7, 11) is 4.00. The molecule has 1 aromatic heterocycles. The van der Waals surface area contributed by atoms with E-state index in [1.165, 1.54) is 29.5 Å². The second-order valence-corrected chi connectivity index (χ2v) is 7.42. The molecule has 0 fully saturated rings. The van der Waals surface area contributed by atoms with Crippen LogP contribution in [0.4, 0.5) is 0 Å². The second-order valence-electron chi connectivity index (χ2n) is 7.42. The van der Waals surface area contributed by atoms with Crippen molar-refractivity contribution in [2.45, 2.75) is 45.3 Å². The van der Waals surface area contributed by atoms with Gasteiger partial charge in [0.15, 0.2) is 5.96 Å². The van der Waals surface area contributed by atoms with E-state index in [0.717, 1.165) is 45.0 Å². The molecule has 0 saturated carbocycles. The number of fused-ring (bicyclic) bond motifs is 1. The van der Waals surface area contributed by atoms with Crippen LogP contribution in [0.15, 0.2) is 41.7 Å². The summed E-state index contributed by atoms with van der Waals surface area (Å²) in [4.78, 5) is 6.91. The van der Waals surface area contributed by atoms with Gasteiger partial charge in [-0.25, -0.2) is 0 Å². The fraction of sp³-hybridized carbons (Fsp3) is 0.545. The minimum absolute atomic E-state index is 0. The van der Waals surface area contributed by atoms with Gasteiger partial charge >= 0.3 is 0 Å². The molecule has 29 heavy (non-hydrogen) atoms. The molecule has 6 nitrogen and oxygen atoms in total. The Kier molecular flexibility index (Phi) is 9.93. The van der Waals surface area contributed by atoms with Crippen molar-refractivity contribution < 1.29 is 4.74 Å². The second kappa shape index (κ2) is 12.2. The van der Waals surface area contributed by atoms with Crippen LogP contribution >= 0.6 is 24.0 Å². The number of halogens is 1. The van der Waals surface area contributed by atoms with Crippen LogP contribution < -0.4 is 5.32 Å². The summed E-state index contributed by atoms with van der Waals surface area (Å²) < 4.78 is 8.02. The zero-order valence-corrected chi connectivity index (χ0v) is 20.1. The minimum Gasteiger partial charge on any atom is -0.373 e. The molecule has 1 aliphatic rings. The summed E-state index contributed by atoms with van der Waals surface area (Å²) in [5.74, 6) is 0.925. The lowest BCUT2D eigenvalue weighted by atomic mass is 9.89. The van der Waals surface area contributed by atoms with Crippen molar-refractivity contribution in [2.75, 3.05) is 26.7 Å². The summed E-state index contributed by atoms with van der Waals surface area (Å²) in [6.07, 6.45) is 8.62. The van der Waals surface area contributed by atoms with E-state index in [1.54, 1.807) is 0 Å². The van der Waals surface area contributed by atoms with Crippen LogP contribution in [-0.2, 0) is 24.8 Å². The van der Waals surface area contributed by atoms with Gasteiger partial charge in [-0.2, -0.15) is 5.10 Å². The number of benzene rings is 1. The summed E-state index contributed by atoms with van der Waals surface area (Å²) in [6.45, 7) is 5.24. The van der Waals surface area contributed by atoms with Crippen LogP contribution in [-0.4, -0.2) is 47.4 Å². The van der Waals surface area contributed by atoms with Gasteiger partial charge in [-0.05, 0) is 43.7 Å². The molecule has 0 spiro atoms. The molecule has 7 heteroatoms. The highest BCUT2D eigenvalue weighted by molar-refractivity contribution is 14.0. The number of aryl methyl sites for hydroxylation is 2. The average molecular weight is 511 g/mol. The van der Waals surface area contributed by atoms with Gasteiger partial charge in [0.2, 0.25) is 0 Å². The van der Waals surface area contributed by atoms with Crippen LogP contribution in [0.3, 0.4) is 0 Å². The van der Waals surface area contributed by atoms with Gasteiger partial charge in [0.1, 0.15) is 0 Å². The summed E-state index contributed by atoms with van der Waals surface area (Å²) in [5.41, 5.74) is 4.00. The number of hydrogen-bond donors (Lipinski definition) is 1. The van der Waals surface area contributed by atoms with Crippen molar-refractivity contribution in [3.8, 4) is 0 Å². The molecule has 1 aromatic carbocycles. The first-order valence-corrected chi connectivity index (χ1v) is 10.3. The standard InChI is InChI=1S/C22H33N5O.HI/c1-4-23-22(26(2)16-18-15-25-27(3)17-18)24-13-8-14-28-21-12-7-10-19-9-5-6-11-20(19)21;/h5-6,9,11,15,17,21H,4,7-8,10,12-14,16H2,1-3H3,(H,23,24);1H.